The minimum Gasteiger partial charge on any atom is -0.464 e. The van der Waals surface area contributed by atoms with Gasteiger partial charge in [0.2, 0.25) is 0 Å². The molecule has 106 valence electrons. The molecule has 0 saturated carbocycles. The largest absolute Gasteiger partial charge is 0.464 e. The van der Waals surface area contributed by atoms with E-state index in [4.69, 9.17) is 4.74 Å². The molecule has 1 unspecified atom stereocenters. The van der Waals surface area contributed by atoms with Crippen LogP contribution in [0.3, 0.4) is 0 Å². The van der Waals surface area contributed by atoms with Crippen molar-refractivity contribution < 1.29 is 23.4 Å². The molecule has 0 amide bonds. The lowest BCUT2D eigenvalue weighted by Crippen LogP contribution is -2.45. The van der Waals surface area contributed by atoms with Gasteiger partial charge in [0.1, 0.15) is 0 Å². The zero-order valence-electron chi connectivity index (χ0n) is 10.8. The molecule has 19 heavy (non-hydrogen) atoms. The second-order valence-electron chi connectivity index (χ2n) is 3.84. The number of rotatable bonds is 6. The van der Waals surface area contributed by atoms with Crippen molar-refractivity contribution in [2.75, 3.05) is 17.5 Å². The SMILES string of the molecule is CCOC(=O)[C@@H](CO)N(c1ccc(C)cc1)S(=O)O. The van der Waals surface area contributed by atoms with Crippen LogP contribution in [0, 0.1) is 6.92 Å². The van der Waals surface area contributed by atoms with Gasteiger partial charge in [0.25, 0.3) is 11.3 Å². The molecule has 2 atom stereocenters. The molecule has 1 aromatic carbocycles. The third kappa shape index (κ3) is 4.02. The summed E-state index contributed by atoms with van der Waals surface area (Å²) in [6, 6.07) is 5.48. The summed E-state index contributed by atoms with van der Waals surface area (Å²) in [6.45, 7) is 3.02. The van der Waals surface area contributed by atoms with E-state index >= 15 is 0 Å². The lowest BCUT2D eigenvalue weighted by molar-refractivity contribution is -0.145. The summed E-state index contributed by atoms with van der Waals surface area (Å²) in [5, 5.41) is 9.27. The van der Waals surface area contributed by atoms with E-state index < -0.39 is 29.9 Å². The summed E-state index contributed by atoms with van der Waals surface area (Å²) in [5.41, 5.74) is 1.34. The number of aliphatic hydroxyl groups is 1. The maximum Gasteiger partial charge on any atom is 0.332 e. The number of aryl methyl sites for hydroxylation is 1. The van der Waals surface area contributed by atoms with Gasteiger partial charge in [-0.1, -0.05) is 17.7 Å². The Labute approximate surface area is 114 Å². The van der Waals surface area contributed by atoms with Crippen LogP contribution in [-0.4, -0.2) is 39.1 Å². The van der Waals surface area contributed by atoms with E-state index in [1.54, 1.807) is 31.2 Å². The van der Waals surface area contributed by atoms with Crippen LogP contribution in [0.1, 0.15) is 12.5 Å². The molecule has 0 radical (unpaired) electrons. The predicted molar refractivity (Wildman–Crippen MR) is 71.9 cm³/mol. The molecule has 7 heteroatoms. The Hall–Kier alpha value is -1.44. The molecule has 0 bridgehead atoms. The van der Waals surface area contributed by atoms with Gasteiger partial charge in [-0.15, -0.1) is 0 Å². The van der Waals surface area contributed by atoms with E-state index in [0.717, 1.165) is 9.87 Å². The standard InChI is InChI=1S/C12H17NO5S/c1-3-18-12(15)11(8-14)13(19(16)17)10-6-4-9(2)5-7-10/h4-7,11,14H,3,8H2,1-2H3,(H,16,17)/t11-/m1/s1. The van der Waals surface area contributed by atoms with Gasteiger partial charge in [-0.2, -0.15) is 0 Å². The van der Waals surface area contributed by atoms with Crippen molar-refractivity contribution in [3.05, 3.63) is 29.8 Å². The van der Waals surface area contributed by atoms with Gasteiger partial charge in [0.05, 0.1) is 18.9 Å². The molecule has 6 nitrogen and oxygen atoms in total. The molecule has 0 heterocycles. The van der Waals surface area contributed by atoms with Crippen molar-refractivity contribution in [1.29, 1.82) is 0 Å². The molecule has 1 rings (SSSR count). The van der Waals surface area contributed by atoms with Crippen LogP contribution in [0.4, 0.5) is 5.69 Å². The lowest BCUT2D eigenvalue weighted by Gasteiger charge is -2.26. The molecule has 0 spiro atoms. The Morgan fingerprint density at radius 2 is 2.00 bits per heavy atom. The van der Waals surface area contributed by atoms with E-state index in [9.17, 15) is 18.7 Å². The van der Waals surface area contributed by atoms with E-state index in [0.29, 0.717) is 5.69 Å². The van der Waals surface area contributed by atoms with Gasteiger partial charge < -0.3 is 9.84 Å². The van der Waals surface area contributed by atoms with Crippen molar-refractivity contribution >= 4 is 22.9 Å². The minimum absolute atomic E-state index is 0.134. The average molecular weight is 287 g/mol. The van der Waals surface area contributed by atoms with Crippen LogP contribution in [-0.2, 0) is 20.8 Å². The van der Waals surface area contributed by atoms with Crippen molar-refractivity contribution in [3.63, 3.8) is 0 Å². The minimum atomic E-state index is -2.44. The van der Waals surface area contributed by atoms with Gasteiger partial charge in [-0.3, -0.25) is 8.86 Å². The van der Waals surface area contributed by atoms with Crippen LogP contribution in [0.2, 0.25) is 0 Å². The first-order valence-electron chi connectivity index (χ1n) is 5.75. The molecule has 0 aromatic heterocycles. The molecule has 0 aliphatic rings. The highest BCUT2D eigenvalue weighted by molar-refractivity contribution is 7.80. The quantitative estimate of drug-likeness (QED) is 0.598. The molecule has 0 fully saturated rings. The van der Waals surface area contributed by atoms with E-state index in [2.05, 4.69) is 0 Å². The maximum atomic E-state index is 11.7. The molecule has 0 aliphatic heterocycles. The Balaban J connectivity index is 3.08. The zero-order chi connectivity index (χ0) is 14.4. The van der Waals surface area contributed by atoms with Crippen molar-refractivity contribution in [2.45, 2.75) is 19.9 Å². The summed E-state index contributed by atoms with van der Waals surface area (Å²) in [6.07, 6.45) is 0. The van der Waals surface area contributed by atoms with Gasteiger partial charge in [0.15, 0.2) is 6.04 Å². The van der Waals surface area contributed by atoms with Crippen LogP contribution in [0.5, 0.6) is 0 Å². The van der Waals surface area contributed by atoms with Gasteiger partial charge >= 0.3 is 5.97 Å². The Morgan fingerprint density at radius 3 is 2.42 bits per heavy atom. The third-order valence-corrected chi connectivity index (χ3v) is 3.27. The fourth-order valence-corrected chi connectivity index (χ4v) is 2.23. The van der Waals surface area contributed by atoms with E-state index in [-0.39, 0.29) is 6.61 Å². The molecule has 1 aromatic rings. The number of carbonyl (C=O) groups excluding carboxylic acids is 1. The molecular formula is C12H17NO5S. The Kier molecular flexibility index (Phi) is 5.94. The van der Waals surface area contributed by atoms with Crippen molar-refractivity contribution in [1.82, 2.24) is 0 Å². The molecular weight excluding hydrogens is 270 g/mol. The Morgan fingerprint density at radius 1 is 1.42 bits per heavy atom. The number of esters is 1. The molecule has 0 saturated heterocycles. The number of aliphatic hydroxyl groups excluding tert-OH is 1. The van der Waals surface area contributed by atoms with E-state index in [1.807, 2.05) is 6.92 Å². The predicted octanol–water partition coefficient (Wildman–Crippen LogP) is 0.862. The number of benzene rings is 1. The summed E-state index contributed by atoms with van der Waals surface area (Å²) >= 11 is -2.44. The highest BCUT2D eigenvalue weighted by Crippen LogP contribution is 2.20. The number of anilines is 1. The number of carbonyl (C=O) groups is 1. The monoisotopic (exact) mass is 287 g/mol. The molecule has 0 aliphatic carbocycles. The number of nitrogens with zero attached hydrogens (tertiary/aromatic N) is 1. The van der Waals surface area contributed by atoms with Crippen LogP contribution in [0.25, 0.3) is 0 Å². The highest BCUT2D eigenvalue weighted by Gasteiger charge is 2.30. The number of hydrogen-bond acceptors (Lipinski definition) is 4. The normalized spacial score (nSPS) is 13.7. The molecule has 2 N–H and O–H groups in total. The van der Waals surface area contributed by atoms with Gasteiger partial charge in [-0.25, -0.2) is 9.00 Å². The van der Waals surface area contributed by atoms with Crippen molar-refractivity contribution in [3.8, 4) is 0 Å². The maximum absolute atomic E-state index is 11.7. The fraction of sp³-hybridized carbons (Fsp3) is 0.417. The second kappa shape index (κ2) is 7.22. The van der Waals surface area contributed by atoms with Crippen LogP contribution >= 0.6 is 0 Å². The second-order valence-corrected chi connectivity index (χ2v) is 4.70. The van der Waals surface area contributed by atoms with E-state index in [1.165, 1.54) is 0 Å². The first kappa shape index (κ1) is 15.6. The van der Waals surface area contributed by atoms with Crippen molar-refractivity contribution in [2.24, 2.45) is 0 Å². The Bertz CT molecular complexity index is 448. The smallest absolute Gasteiger partial charge is 0.332 e. The summed E-state index contributed by atoms with van der Waals surface area (Å²) in [4.78, 5) is 11.7. The summed E-state index contributed by atoms with van der Waals surface area (Å²) in [7, 11) is 0. The number of hydrogen-bond donors (Lipinski definition) is 2. The third-order valence-electron chi connectivity index (χ3n) is 2.47. The van der Waals surface area contributed by atoms with Crippen LogP contribution in [0.15, 0.2) is 24.3 Å². The lowest BCUT2D eigenvalue weighted by atomic mass is 10.2. The van der Waals surface area contributed by atoms with Crippen LogP contribution < -0.4 is 4.31 Å². The first-order chi connectivity index (χ1) is 9.01. The van der Waals surface area contributed by atoms with Gasteiger partial charge in [0, 0.05) is 0 Å². The zero-order valence-corrected chi connectivity index (χ0v) is 11.6. The topological polar surface area (TPSA) is 87.1 Å². The first-order valence-corrected chi connectivity index (χ1v) is 6.82. The fourth-order valence-electron chi connectivity index (χ4n) is 1.55. The van der Waals surface area contributed by atoms with Gasteiger partial charge in [-0.05, 0) is 26.0 Å². The average Bonchev–Trinajstić information content (AvgIpc) is 2.37. The summed E-state index contributed by atoms with van der Waals surface area (Å²) in [5.74, 6) is -0.743. The highest BCUT2D eigenvalue weighted by atomic mass is 32.2. The summed E-state index contributed by atoms with van der Waals surface area (Å²) < 4.78 is 26.4. The number of ether oxygens (including phenoxy) is 1.